The summed E-state index contributed by atoms with van der Waals surface area (Å²) in [5.41, 5.74) is 0.380. The molecule has 7 heteroatoms. The van der Waals surface area contributed by atoms with Crippen molar-refractivity contribution in [1.82, 2.24) is 0 Å². The maximum Gasteiger partial charge on any atom is 0.264 e. The van der Waals surface area contributed by atoms with Crippen LogP contribution in [0.5, 0.6) is 11.5 Å². The van der Waals surface area contributed by atoms with Crippen molar-refractivity contribution in [2.45, 2.75) is 11.8 Å². The number of nitrogens with zero attached hydrogens (tertiary/aromatic N) is 1. The number of rotatable bonds is 6. The number of hydrogen-bond acceptors (Lipinski definition) is 4. The van der Waals surface area contributed by atoms with Crippen molar-refractivity contribution < 1.29 is 22.3 Å². The monoisotopic (exact) mass is 339 g/mol. The third kappa shape index (κ3) is 3.39. The Morgan fingerprint density at radius 1 is 1.13 bits per heavy atom. The van der Waals surface area contributed by atoms with E-state index in [9.17, 15) is 12.8 Å². The Hall–Kier alpha value is -2.28. The zero-order valence-corrected chi connectivity index (χ0v) is 13.9. The first kappa shape index (κ1) is 17.1. The molecule has 0 aliphatic rings. The molecule has 2 aromatic carbocycles. The van der Waals surface area contributed by atoms with Crippen LogP contribution in [0.25, 0.3) is 0 Å². The number of ether oxygens (including phenoxy) is 2. The maximum atomic E-state index is 13.8. The molecule has 0 amide bonds. The van der Waals surface area contributed by atoms with Crippen LogP contribution >= 0.6 is 0 Å². The summed E-state index contributed by atoms with van der Waals surface area (Å²) in [5.74, 6) is -0.309. The van der Waals surface area contributed by atoms with E-state index in [-0.39, 0.29) is 10.6 Å². The van der Waals surface area contributed by atoms with Gasteiger partial charge in [0.25, 0.3) is 10.0 Å². The molecule has 0 N–H and O–H groups in total. The molecule has 0 aliphatic heterocycles. The van der Waals surface area contributed by atoms with Gasteiger partial charge in [0.15, 0.2) is 11.6 Å². The van der Waals surface area contributed by atoms with Gasteiger partial charge in [-0.15, -0.1) is 0 Å². The van der Waals surface area contributed by atoms with Crippen LogP contribution in [0.3, 0.4) is 0 Å². The number of para-hydroxylation sites is 2. The van der Waals surface area contributed by atoms with E-state index < -0.39 is 15.8 Å². The summed E-state index contributed by atoms with van der Waals surface area (Å²) in [4.78, 5) is -0.162. The molecule has 0 spiro atoms. The molecule has 0 heterocycles. The molecule has 0 radical (unpaired) electrons. The normalized spacial score (nSPS) is 11.1. The minimum Gasteiger partial charge on any atom is -0.494 e. The molecule has 0 atom stereocenters. The average Bonchev–Trinajstić information content (AvgIpc) is 2.55. The third-order valence-corrected chi connectivity index (χ3v) is 5.05. The molecule has 0 bridgehead atoms. The number of methoxy groups -OCH3 is 1. The van der Waals surface area contributed by atoms with Crippen LogP contribution < -0.4 is 13.8 Å². The first-order valence-electron chi connectivity index (χ1n) is 6.96. The highest BCUT2D eigenvalue weighted by molar-refractivity contribution is 7.92. The molecule has 2 rings (SSSR count). The van der Waals surface area contributed by atoms with Crippen LogP contribution in [0, 0.1) is 5.82 Å². The van der Waals surface area contributed by atoms with Gasteiger partial charge in [-0.05, 0) is 37.3 Å². The van der Waals surface area contributed by atoms with E-state index in [0.29, 0.717) is 18.0 Å². The minimum absolute atomic E-state index is 0.0127. The largest absolute Gasteiger partial charge is 0.494 e. The van der Waals surface area contributed by atoms with E-state index in [4.69, 9.17) is 9.47 Å². The lowest BCUT2D eigenvalue weighted by atomic mass is 10.3. The highest BCUT2D eigenvalue weighted by Gasteiger charge is 2.24. The summed E-state index contributed by atoms with van der Waals surface area (Å²) in [6, 6.07) is 10.3. The van der Waals surface area contributed by atoms with Gasteiger partial charge in [-0.2, -0.15) is 0 Å². The zero-order valence-electron chi connectivity index (χ0n) is 13.1. The lowest BCUT2D eigenvalue weighted by Crippen LogP contribution is -2.27. The highest BCUT2D eigenvalue weighted by Crippen LogP contribution is 2.32. The number of halogens is 1. The quantitative estimate of drug-likeness (QED) is 0.812. The minimum atomic E-state index is -3.92. The Bertz CT molecular complexity index is 792. The molecule has 0 saturated carbocycles. The Labute approximate surface area is 135 Å². The zero-order chi connectivity index (χ0) is 17.0. The standard InChI is InChI=1S/C16H18FNO4S/c1-4-22-16-8-6-5-7-14(16)18(2)23(19,20)12-9-10-15(21-3)13(17)11-12/h5-11H,4H2,1-3H3. The van der Waals surface area contributed by atoms with E-state index >= 15 is 0 Å². The van der Waals surface area contributed by atoms with Crippen LogP contribution in [-0.2, 0) is 10.0 Å². The summed E-state index contributed by atoms with van der Waals surface area (Å²) in [6.45, 7) is 2.21. The van der Waals surface area contributed by atoms with Gasteiger partial charge in [-0.25, -0.2) is 12.8 Å². The lowest BCUT2D eigenvalue weighted by Gasteiger charge is -2.22. The molecule has 0 aromatic heterocycles. The lowest BCUT2D eigenvalue weighted by molar-refractivity contribution is 0.341. The fourth-order valence-electron chi connectivity index (χ4n) is 2.09. The average molecular weight is 339 g/mol. The molecule has 0 aliphatic carbocycles. The molecule has 0 unspecified atom stereocenters. The summed E-state index contributed by atoms with van der Waals surface area (Å²) in [5, 5.41) is 0. The second-order valence-electron chi connectivity index (χ2n) is 4.67. The second-order valence-corrected chi connectivity index (χ2v) is 6.64. The summed E-state index contributed by atoms with van der Waals surface area (Å²) < 4.78 is 50.5. The summed E-state index contributed by atoms with van der Waals surface area (Å²) in [7, 11) is -1.21. The maximum absolute atomic E-state index is 13.8. The summed E-state index contributed by atoms with van der Waals surface area (Å²) in [6.07, 6.45) is 0. The molecule has 2 aromatic rings. The fourth-order valence-corrected chi connectivity index (χ4v) is 3.31. The van der Waals surface area contributed by atoms with Crippen molar-refractivity contribution in [3.05, 3.63) is 48.3 Å². The number of hydrogen-bond donors (Lipinski definition) is 0. The molecule has 0 fully saturated rings. The van der Waals surface area contributed by atoms with E-state index in [1.165, 1.54) is 26.3 Å². The van der Waals surface area contributed by atoms with Crippen molar-refractivity contribution in [3.63, 3.8) is 0 Å². The third-order valence-electron chi connectivity index (χ3n) is 3.29. The Morgan fingerprint density at radius 3 is 2.43 bits per heavy atom. The summed E-state index contributed by atoms with van der Waals surface area (Å²) >= 11 is 0. The van der Waals surface area contributed by atoms with E-state index in [1.54, 1.807) is 24.3 Å². The molecule has 23 heavy (non-hydrogen) atoms. The molecule has 124 valence electrons. The van der Waals surface area contributed by atoms with Crippen molar-refractivity contribution in [2.75, 3.05) is 25.1 Å². The van der Waals surface area contributed by atoms with Gasteiger partial charge in [0, 0.05) is 7.05 Å². The molecule has 5 nitrogen and oxygen atoms in total. The van der Waals surface area contributed by atoms with Gasteiger partial charge in [0.1, 0.15) is 5.75 Å². The van der Waals surface area contributed by atoms with Gasteiger partial charge in [-0.3, -0.25) is 4.31 Å². The predicted octanol–water partition coefficient (Wildman–Crippen LogP) is 3.06. The number of benzene rings is 2. The van der Waals surface area contributed by atoms with Crippen molar-refractivity contribution in [3.8, 4) is 11.5 Å². The van der Waals surface area contributed by atoms with Crippen molar-refractivity contribution in [2.24, 2.45) is 0 Å². The van der Waals surface area contributed by atoms with E-state index in [1.807, 2.05) is 6.92 Å². The van der Waals surface area contributed by atoms with Crippen LogP contribution in [0.1, 0.15) is 6.92 Å². The van der Waals surface area contributed by atoms with E-state index in [2.05, 4.69) is 0 Å². The second kappa shape index (κ2) is 6.87. The Morgan fingerprint density at radius 2 is 1.83 bits per heavy atom. The number of sulfonamides is 1. The first-order chi connectivity index (χ1) is 10.9. The SMILES string of the molecule is CCOc1ccccc1N(C)S(=O)(=O)c1ccc(OC)c(F)c1. The highest BCUT2D eigenvalue weighted by atomic mass is 32.2. The first-order valence-corrected chi connectivity index (χ1v) is 8.40. The smallest absolute Gasteiger partial charge is 0.264 e. The molecule has 0 saturated heterocycles. The van der Waals surface area contributed by atoms with Crippen LogP contribution in [0.2, 0.25) is 0 Å². The van der Waals surface area contributed by atoms with Gasteiger partial charge >= 0.3 is 0 Å². The van der Waals surface area contributed by atoms with Crippen molar-refractivity contribution in [1.29, 1.82) is 0 Å². The van der Waals surface area contributed by atoms with Gasteiger partial charge in [0.05, 0.1) is 24.3 Å². The van der Waals surface area contributed by atoms with Gasteiger partial charge in [0.2, 0.25) is 0 Å². The van der Waals surface area contributed by atoms with Gasteiger partial charge < -0.3 is 9.47 Å². The topological polar surface area (TPSA) is 55.8 Å². The Kier molecular flexibility index (Phi) is 5.10. The number of anilines is 1. The van der Waals surface area contributed by atoms with Gasteiger partial charge in [-0.1, -0.05) is 12.1 Å². The van der Waals surface area contributed by atoms with Crippen LogP contribution in [0.4, 0.5) is 10.1 Å². The predicted molar refractivity (Wildman–Crippen MR) is 86.2 cm³/mol. The van der Waals surface area contributed by atoms with Crippen molar-refractivity contribution >= 4 is 15.7 Å². The molecular weight excluding hydrogens is 321 g/mol. The van der Waals surface area contributed by atoms with Crippen LogP contribution in [-0.4, -0.2) is 29.2 Å². The Balaban J connectivity index is 2.45. The van der Waals surface area contributed by atoms with E-state index in [0.717, 1.165) is 10.4 Å². The molecular formula is C16H18FNO4S. The van der Waals surface area contributed by atoms with Crippen LogP contribution in [0.15, 0.2) is 47.4 Å². The fraction of sp³-hybridized carbons (Fsp3) is 0.250.